The van der Waals surface area contributed by atoms with Gasteiger partial charge in [-0.05, 0) is 43.3 Å². The largest absolute Gasteiger partial charge is 0.497 e. The predicted octanol–water partition coefficient (Wildman–Crippen LogP) is 4.19. The van der Waals surface area contributed by atoms with Crippen LogP contribution in [-0.4, -0.2) is 86.9 Å². The number of amides is 3. The minimum atomic E-state index is -0.274. The molecule has 3 amide bonds. The summed E-state index contributed by atoms with van der Waals surface area (Å²) in [6, 6.07) is 14.8. The number of hydrogen-bond donors (Lipinski definition) is 1. The van der Waals surface area contributed by atoms with Crippen LogP contribution in [0.5, 0.6) is 11.5 Å². The van der Waals surface area contributed by atoms with Crippen LogP contribution in [0.15, 0.2) is 53.9 Å². The fourth-order valence-corrected chi connectivity index (χ4v) is 5.07. The van der Waals surface area contributed by atoms with Crippen molar-refractivity contribution in [1.82, 2.24) is 14.8 Å². The van der Waals surface area contributed by atoms with Gasteiger partial charge >= 0.3 is 6.03 Å². The first-order valence-corrected chi connectivity index (χ1v) is 13.8. The first-order valence-electron chi connectivity index (χ1n) is 12.9. The molecule has 11 heteroatoms. The van der Waals surface area contributed by atoms with E-state index in [1.807, 2.05) is 30.0 Å². The van der Waals surface area contributed by atoms with Crippen molar-refractivity contribution in [2.45, 2.75) is 13.5 Å². The summed E-state index contributed by atoms with van der Waals surface area (Å²) < 4.78 is 16.1. The monoisotopic (exact) mass is 553 g/mol. The molecule has 208 valence electrons. The number of carbonyl (C=O) groups is 2. The van der Waals surface area contributed by atoms with Gasteiger partial charge in [-0.25, -0.2) is 9.78 Å². The fourth-order valence-electron chi connectivity index (χ4n) is 4.28. The van der Waals surface area contributed by atoms with Gasteiger partial charge in [-0.1, -0.05) is 12.1 Å². The van der Waals surface area contributed by atoms with Crippen LogP contribution in [0.3, 0.4) is 0 Å². The molecule has 0 radical (unpaired) electrons. The lowest BCUT2D eigenvalue weighted by molar-refractivity contribution is 0.0741. The van der Waals surface area contributed by atoms with Gasteiger partial charge in [-0.15, -0.1) is 11.3 Å². The molecule has 4 rings (SSSR count). The maximum atomic E-state index is 13.2. The van der Waals surface area contributed by atoms with Crippen LogP contribution in [0, 0.1) is 0 Å². The van der Waals surface area contributed by atoms with Crippen molar-refractivity contribution >= 4 is 34.6 Å². The Morgan fingerprint density at radius 1 is 1.05 bits per heavy atom. The zero-order valence-corrected chi connectivity index (χ0v) is 23.4. The summed E-state index contributed by atoms with van der Waals surface area (Å²) in [4.78, 5) is 36.5. The number of benzene rings is 2. The van der Waals surface area contributed by atoms with E-state index in [1.165, 1.54) is 11.3 Å². The van der Waals surface area contributed by atoms with Crippen molar-refractivity contribution in [3.05, 3.63) is 64.6 Å². The molecule has 0 spiro atoms. The number of thiazole rings is 1. The lowest BCUT2D eigenvalue weighted by atomic mass is 10.2. The number of hydrogen-bond acceptors (Lipinski definition) is 8. The molecule has 1 aliphatic rings. The number of anilines is 2. The van der Waals surface area contributed by atoms with Crippen molar-refractivity contribution in [3.8, 4) is 11.5 Å². The molecule has 2 heterocycles. The molecule has 3 aromatic rings. The zero-order valence-electron chi connectivity index (χ0n) is 22.6. The van der Waals surface area contributed by atoms with Crippen LogP contribution in [0.2, 0.25) is 0 Å². The Morgan fingerprint density at radius 3 is 2.49 bits per heavy atom. The smallest absolute Gasteiger partial charge is 0.322 e. The summed E-state index contributed by atoms with van der Waals surface area (Å²) in [6.45, 7) is 6.22. The van der Waals surface area contributed by atoms with Crippen LogP contribution in [0.4, 0.5) is 16.2 Å². The van der Waals surface area contributed by atoms with E-state index in [0.717, 1.165) is 11.4 Å². The second kappa shape index (κ2) is 13.8. The van der Waals surface area contributed by atoms with Gasteiger partial charge in [0.25, 0.3) is 5.91 Å². The van der Waals surface area contributed by atoms with E-state index < -0.39 is 0 Å². The molecular formula is C28H35N5O5S. The molecule has 0 saturated carbocycles. The van der Waals surface area contributed by atoms with E-state index in [4.69, 9.17) is 14.2 Å². The van der Waals surface area contributed by atoms with Crippen LogP contribution in [0.1, 0.15) is 22.4 Å². The van der Waals surface area contributed by atoms with E-state index in [1.54, 1.807) is 48.8 Å². The van der Waals surface area contributed by atoms with E-state index in [-0.39, 0.29) is 18.5 Å². The number of carbonyl (C=O) groups excluding carboxylic acids is 2. The van der Waals surface area contributed by atoms with Crippen molar-refractivity contribution < 1.29 is 23.8 Å². The molecule has 1 aliphatic heterocycles. The Kier molecular flexibility index (Phi) is 9.98. The minimum absolute atomic E-state index is 0.0960. The van der Waals surface area contributed by atoms with Crippen LogP contribution in [0.25, 0.3) is 0 Å². The van der Waals surface area contributed by atoms with Gasteiger partial charge in [0.1, 0.15) is 22.2 Å². The van der Waals surface area contributed by atoms with Crippen molar-refractivity contribution in [1.29, 1.82) is 0 Å². The van der Waals surface area contributed by atoms with Crippen molar-refractivity contribution in [2.24, 2.45) is 0 Å². The normalized spacial score (nSPS) is 13.2. The van der Waals surface area contributed by atoms with Gasteiger partial charge in [0, 0.05) is 50.9 Å². The van der Waals surface area contributed by atoms with Gasteiger partial charge in [0.15, 0.2) is 0 Å². The molecule has 1 saturated heterocycles. The highest BCUT2D eigenvalue weighted by Gasteiger charge is 2.26. The van der Waals surface area contributed by atoms with Gasteiger partial charge in [-0.3, -0.25) is 4.79 Å². The number of rotatable bonds is 11. The Balaban J connectivity index is 1.35. The summed E-state index contributed by atoms with van der Waals surface area (Å²) in [5, 5.41) is 5.35. The molecule has 0 bridgehead atoms. The lowest BCUT2D eigenvalue weighted by Gasteiger charge is -2.36. The Bertz CT molecular complexity index is 1230. The third-order valence-electron chi connectivity index (χ3n) is 6.36. The molecule has 10 nitrogen and oxygen atoms in total. The summed E-state index contributed by atoms with van der Waals surface area (Å²) in [5.41, 5.74) is 2.10. The summed E-state index contributed by atoms with van der Waals surface area (Å²) in [6.07, 6.45) is 0. The van der Waals surface area contributed by atoms with Gasteiger partial charge in [-0.2, -0.15) is 0 Å². The van der Waals surface area contributed by atoms with E-state index >= 15 is 0 Å². The highest BCUT2D eigenvalue weighted by atomic mass is 32.1. The Hall–Kier alpha value is -3.83. The minimum Gasteiger partial charge on any atom is -0.497 e. The molecule has 39 heavy (non-hydrogen) atoms. The van der Waals surface area contributed by atoms with Crippen molar-refractivity contribution in [3.63, 3.8) is 0 Å². The molecule has 0 unspecified atom stereocenters. The maximum absolute atomic E-state index is 13.2. The summed E-state index contributed by atoms with van der Waals surface area (Å²) >= 11 is 1.37. The molecule has 1 aromatic heterocycles. The first kappa shape index (κ1) is 28.2. The first-order chi connectivity index (χ1) is 19.0. The summed E-state index contributed by atoms with van der Waals surface area (Å²) in [7, 11) is 3.19. The van der Waals surface area contributed by atoms with Gasteiger partial charge < -0.3 is 34.2 Å². The number of piperazine rings is 1. The SMILES string of the molecule is CCOc1ccccc1N1CCN(C(=O)c2csc(CN(CCOC)C(=O)Nc3ccc(OC)cc3)n2)CC1. The fraction of sp³-hybridized carbons (Fsp3) is 0.393. The maximum Gasteiger partial charge on any atom is 0.322 e. The molecule has 1 N–H and O–H groups in total. The van der Waals surface area contributed by atoms with Gasteiger partial charge in [0.05, 0.1) is 32.6 Å². The number of nitrogens with zero attached hydrogens (tertiary/aromatic N) is 4. The van der Waals surface area contributed by atoms with Crippen LogP contribution < -0.4 is 19.7 Å². The van der Waals surface area contributed by atoms with E-state index in [2.05, 4.69) is 21.3 Å². The number of urea groups is 1. The molecule has 1 fully saturated rings. The molecule has 0 atom stereocenters. The zero-order chi connectivity index (χ0) is 27.6. The molecular weight excluding hydrogens is 518 g/mol. The Labute approximate surface area is 233 Å². The topological polar surface area (TPSA) is 96.5 Å². The molecule has 0 aliphatic carbocycles. The quantitative estimate of drug-likeness (QED) is 0.380. The van der Waals surface area contributed by atoms with Crippen molar-refractivity contribution in [2.75, 3.05) is 70.4 Å². The van der Waals surface area contributed by atoms with Crippen LogP contribution >= 0.6 is 11.3 Å². The average molecular weight is 554 g/mol. The second-order valence-electron chi connectivity index (χ2n) is 8.88. The second-order valence-corrected chi connectivity index (χ2v) is 9.82. The van der Waals surface area contributed by atoms with Crippen LogP contribution in [-0.2, 0) is 11.3 Å². The highest BCUT2D eigenvalue weighted by Crippen LogP contribution is 2.29. The third kappa shape index (κ3) is 7.39. The number of nitrogens with one attached hydrogen (secondary N) is 1. The van der Waals surface area contributed by atoms with E-state index in [0.29, 0.717) is 68.1 Å². The lowest BCUT2D eigenvalue weighted by Crippen LogP contribution is -2.49. The standard InChI is InChI=1S/C28H35N5O5S/c1-4-38-25-8-6-5-7-24(25)31-13-15-32(16-14-31)27(34)23-20-39-26(30-23)19-33(17-18-36-2)28(35)29-21-9-11-22(37-3)12-10-21/h5-12,20H,4,13-19H2,1-3H3,(H,29,35). The van der Waals surface area contributed by atoms with E-state index in [9.17, 15) is 9.59 Å². The molecule has 2 aromatic carbocycles. The van der Waals surface area contributed by atoms with Gasteiger partial charge in [0.2, 0.25) is 0 Å². The predicted molar refractivity (Wildman–Crippen MR) is 152 cm³/mol. The summed E-state index contributed by atoms with van der Waals surface area (Å²) in [5.74, 6) is 1.47. The number of ether oxygens (including phenoxy) is 3. The number of methoxy groups -OCH3 is 2. The number of para-hydroxylation sites is 2. The Morgan fingerprint density at radius 2 is 1.79 bits per heavy atom. The average Bonchev–Trinajstić information content (AvgIpc) is 3.44. The highest BCUT2D eigenvalue weighted by molar-refractivity contribution is 7.09. The third-order valence-corrected chi connectivity index (χ3v) is 7.20. The number of aromatic nitrogens is 1.